The van der Waals surface area contributed by atoms with Gasteiger partial charge in [0.2, 0.25) is 5.96 Å². The second kappa shape index (κ2) is 5.19. The molecule has 2 rings (SSSR count). The SMILES string of the molecule is CC(C)CN=C(NN)N1CCc2ccccc21. The number of aliphatic imine (C=N–C) groups is 1. The van der Waals surface area contributed by atoms with Crippen molar-refractivity contribution in [1.29, 1.82) is 0 Å². The Labute approximate surface area is 102 Å². The fourth-order valence-corrected chi connectivity index (χ4v) is 2.04. The highest BCUT2D eigenvalue weighted by molar-refractivity contribution is 5.97. The van der Waals surface area contributed by atoms with E-state index in [1.54, 1.807) is 0 Å². The number of nitrogens with one attached hydrogen (secondary N) is 1. The van der Waals surface area contributed by atoms with Crippen molar-refractivity contribution in [2.24, 2.45) is 16.8 Å². The Morgan fingerprint density at radius 1 is 1.47 bits per heavy atom. The molecular weight excluding hydrogens is 212 g/mol. The van der Waals surface area contributed by atoms with Crippen LogP contribution in [0, 0.1) is 5.92 Å². The van der Waals surface area contributed by atoms with E-state index in [4.69, 9.17) is 5.84 Å². The molecule has 0 atom stereocenters. The summed E-state index contributed by atoms with van der Waals surface area (Å²) in [6.45, 7) is 6.03. The van der Waals surface area contributed by atoms with Crippen LogP contribution in [0.25, 0.3) is 0 Å². The van der Waals surface area contributed by atoms with Crippen LogP contribution in [0.2, 0.25) is 0 Å². The fourth-order valence-electron chi connectivity index (χ4n) is 2.04. The third-order valence-electron chi connectivity index (χ3n) is 2.88. The van der Waals surface area contributed by atoms with Crippen molar-refractivity contribution in [3.05, 3.63) is 29.8 Å². The van der Waals surface area contributed by atoms with E-state index in [2.05, 4.69) is 47.4 Å². The second-order valence-corrected chi connectivity index (χ2v) is 4.73. The third kappa shape index (κ3) is 2.58. The summed E-state index contributed by atoms with van der Waals surface area (Å²) in [7, 11) is 0. The van der Waals surface area contributed by atoms with Crippen molar-refractivity contribution in [2.45, 2.75) is 20.3 Å². The average molecular weight is 232 g/mol. The third-order valence-corrected chi connectivity index (χ3v) is 2.88. The maximum atomic E-state index is 5.57. The molecule has 1 aliphatic heterocycles. The van der Waals surface area contributed by atoms with E-state index in [1.165, 1.54) is 11.3 Å². The van der Waals surface area contributed by atoms with E-state index < -0.39 is 0 Å². The van der Waals surface area contributed by atoms with E-state index in [0.29, 0.717) is 5.92 Å². The van der Waals surface area contributed by atoms with Gasteiger partial charge in [0.1, 0.15) is 0 Å². The fraction of sp³-hybridized carbons (Fsp3) is 0.462. The minimum atomic E-state index is 0.538. The molecule has 1 aromatic carbocycles. The van der Waals surface area contributed by atoms with Crippen molar-refractivity contribution in [2.75, 3.05) is 18.0 Å². The molecule has 0 bridgehead atoms. The van der Waals surface area contributed by atoms with Gasteiger partial charge in [-0.15, -0.1) is 0 Å². The summed E-state index contributed by atoms with van der Waals surface area (Å²) in [5.74, 6) is 6.88. The highest BCUT2D eigenvalue weighted by atomic mass is 15.4. The summed E-state index contributed by atoms with van der Waals surface area (Å²) >= 11 is 0. The van der Waals surface area contributed by atoms with Gasteiger partial charge in [-0.1, -0.05) is 32.0 Å². The van der Waals surface area contributed by atoms with E-state index in [9.17, 15) is 0 Å². The number of hydrogen-bond acceptors (Lipinski definition) is 2. The van der Waals surface area contributed by atoms with Gasteiger partial charge in [-0.25, -0.2) is 5.84 Å². The summed E-state index contributed by atoms with van der Waals surface area (Å²) in [6.07, 6.45) is 1.05. The number of nitrogens with zero attached hydrogens (tertiary/aromatic N) is 2. The van der Waals surface area contributed by atoms with Gasteiger partial charge in [-0.2, -0.15) is 0 Å². The largest absolute Gasteiger partial charge is 0.311 e. The topological polar surface area (TPSA) is 53.6 Å². The average Bonchev–Trinajstić information content (AvgIpc) is 2.74. The molecule has 4 nitrogen and oxygen atoms in total. The first kappa shape index (κ1) is 11.9. The van der Waals surface area contributed by atoms with Gasteiger partial charge < -0.3 is 4.90 Å². The molecule has 0 saturated heterocycles. The number of hydrogen-bond donors (Lipinski definition) is 2. The summed E-state index contributed by atoms with van der Waals surface area (Å²) in [4.78, 5) is 6.68. The zero-order chi connectivity index (χ0) is 12.3. The van der Waals surface area contributed by atoms with Crippen LogP contribution in [0.4, 0.5) is 5.69 Å². The lowest BCUT2D eigenvalue weighted by Crippen LogP contribution is -2.44. The number of benzene rings is 1. The lowest BCUT2D eigenvalue weighted by Gasteiger charge is -2.21. The standard InChI is InChI=1S/C13H20N4/c1-10(2)9-15-13(16-14)17-8-7-11-5-3-4-6-12(11)17/h3-6,10H,7-9,14H2,1-2H3,(H,15,16). The summed E-state index contributed by atoms with van der Waals surface area (Å²) < 4.78 is 0. The molecule has 0 aliphatic carbocycles. The number of hydrazine groups is 1. The number of para-hydroxylation sites is 1. The molecular formula is C13H20N4. The molecule has 0 radical (unpaired) electrons. The zero-order valence-corrected chi connectivity index (χ0v) is 10.5. The van der Waals surface area contributed by atoms with Crippen molar-refractivity contribution >= 4 is 11.6 Å². The van der Waals surface area contributed by atoms with Crippen LogP contribution in [0.5, 0.6) is 0 Å². The van der Waals surface area contributed by atoms with Crippen LogP contribution in [0.15, 0.2) is 29.3 Å². The lowest BCUT2D eigenvalue weighted by atomic mass is 10.2. The van der Waals surface area contributed by atoms with E-state index in [-0.39, 0.29) is 0 Å². The number of nitrogens with two attached hydrogens (primary N) is 1. The van der Waals surface area contributed by atoms with Gasteiger partial charge >= 0.3 is 0 Å². The summed E-state index contributed by atoms with van der Waals surface area (Å²) in [5, 5.41) is 0. The molecule has 0 amide bonds. The normalized spacial score (nSPS) is 15.3. The Morgan fingerprint density at radius 3 is 2.94 bits per heavy atom. The van der Waals surface area contributed by atoms with Crippen LogP contribution in [0.3, 0.4) is 0 Å². The maximum absolute atomic E-state index is 5.57. The molecule has 1 heterocycles. The van der Waals surface area contributed by atoms with Crippen molar-refractivity contribution in [1.82, 2.24) is 5.43 Å². The molecule has 0 spiro atoms. The van der Waals surface area contributed by atoms with Crippen molar-refractivity contribution < 1.29 is 0 Å². The Morgan fingerprint density at radius 2 is 2.24 bits per heavy atom. The first-order chi connectivity index (χ1) is 8.22. The lowest BCUT2D eigenvalue weighted by molar-refractivity contribution is 0.660. The van der Waals surface area contributed by atoms with Crippen LogP contribution < -0.4 is 16.2 Å². The van der Waals surface area contributed by atoms with Crippen LogP contribution in [-0.2, 0) is 6.42 Å². The molecule has 17 heavy (non-hydrogen) atoms. The van der Waals surface area contributed by atoms with E-state index in [1.807, 2.05) is 6.07 Å². The van der Waals surface area contributed by atoms with Gasteiger partial charge in [0, 0.05) is 18.8 Å². The van der Waals surface area contributed by atoms with Crippen LogP contribution in [-0.4, -0.2) is 19.0 Å². The van der Waals surface area contributed by atoms with E-state index in [0.717, 1.165) is 25.5 Å². The predicted molar refractivity (Wildman–Crippen MR) is 72.0 cm³/mol. The Balaban J connectivity index is 2.20. The van der Waals surface area contributed by atoms with Gasteiger partial charge in [0.25, 0.3) is 0 Å². The van der Waals surface area contributed by atoms with Crippen molar-refractivity contribution in [3.63, 3.8) is 0 Å². The minimum Gasteiger partial charge on any atom is -0.311 e. The monoisotopic (exact) mass is 232 g/mol. The first-order valence-corrected chi connectivity index (χ1v) is 6.09. The molecule has 92 valence electrons. The van der Waals surface area contributed by atoms with Crippen LogP contribution >= 0.6 is 0 Å². The zero-order valence-electron chi connectivity index (χ0n) is 10.5. The molecule has 0 aromatic heterocycles. The summed E-state index contributed by atoms with van der Waals surface area (Å²) in [6, 6.07) is 8.40. The minimum absolute atomic E-state index is 0.538. The Hall–Kier alpha value is -1.55. The number of rotatable bonds is 2. The van der Waals surface area contributed by atoms with Gasteiger partial charge in [0.15, 0.2) is 0 Å². The van der Waals surface area contributed by atoms with E-state index >= 15 is 0 Å². The Kier molecular flexibility index (Phi) is 3.64. The molecule has 4 heteroatoms. The predicted octanol–water partition coefficient (Wildman–Crippen LogP) is 1.52. The maximum Gasteiger partial charge on any atom is 0.212 e. The molecule has 0 saturated carbocycles. The smallest absolute Gasteiger partial charge is 0.212 e. The van der Waals surface area contributed by atoms with Gasteiger partial charge in [-0.05, 0) is 24.0 Å². The Bertz CT molecular complexity index is 412. The highest BCUT2D eigenvalue weighted by Crippen LogP contribution is 2.27. The second-order valence-electron chi connectivity index (χ2n) is 4.73. The van der Waals surface area contributed by atoms with Gasteiger partial charge in [0.05, 0.1) is 0 Å². The molecule has 1 aromatic rings. The molecule has 0 fully saturated rings. The molecule has 3 N–H and O–H groups in total. The van der Waals surface area contributed by atoms with Gasteiger partial charge in [-0.3, -0.25) is 10.4 Å². The van der Waals surface area contributed by atoms with Crippen LogP contribution in [0.1, 0.15) is 19.4 Å². The highest BCUT2D eigenvalue weighted by Gasteiger charge is 2.21. The summed E-state index contributed by atoms with van der Waals surface area (Å²) in [5.41, 5.74) is 5.29. The molecule has 0 unspecified atom stereocenters. The number of fused-ring (bicyclic) bond motifs is 1. The molecule has 1 aliphatic rings. The number of anilines is 1. The van der Waals surface area contributed by atoms with Crippen molar-refractivity contribution in [3.8, 4) is 0 Å². The first-order valence-electron chi connectivity index (χ1n) is 6.09. The quantitative estimate of drug-likeness (QED) is 0.352. The number of guanidine groups is 1.